The molecule has 1 saturated heterocycles. The highest BCUT2D eigenvalue weighted by molar-refractivity contribution is 7.71. The molecule has 0 amide bonds. The number of halogens is 2. The third-order valence-corrected chi connectivity index (χ3v) is 6.06. The largest absolute Gasteiger partial charge is 0.307 e. The fraction of sp³-hybridized carbons (Fsp3) is 0.556. The van der Waals surface area contributed by atoms with E-state index in [2.05, 4.69) is 14.4 Å². The second-order valence-electron chi connectivity index (χ2n) is 7.24. The van der Waals surface area contributed by atoms with Crippen LogP contribution in [0.3, 0.4) is 0 Å². The van der Waals surface area contributed by atoms with Crippen molar-refractivity contribution in [2.45, 2.75) is 32.0 Å². The maximum absolute atomic E-state index is 13.2. The molecular weight excluding hydrogens is 373 g/mol. The van der Waals surface area contributed by atoms with Gasteiger partial charge in [0.1, 0.15) is 11.6 Å². The number of hydrogen-bond acceptors (Lipinski definition) is 4. The summed E-state index contributed by atoms with van der Waals surface area (Å²) >= 11 is 11.7. The van der Waals surface area contributed by atoms with Gasteiger partial charge in [-0.05, 0) is 42.8 Å². The smallest absolute Gasteiger partial charge is 0.198 e. The van der Waals surface area contributed by atoms with Gasteiger partial charge < -0.3 is 4.57 Å². The highest BCUT2D eigenvalue weighted by atomic mass is 35.5. The van der Waals surface area contributed by atoms with Crippen molar-refractivity contribution in [3.8, 4) is 0 Å². The van der Waals surface area contributed by atoms with E-state index < -0.39 is 0 Å². The van der Waals surface area contributed by atoms with E-state index in [4.69, 9.17) is 28.9 Å². The predicted octanol–water partition coefficient (Wildman–Crippen LogP) is 3.40. The molecule has 1 aliphatic carbocycles. The summed E-state index contributed by atoms with van der Waals surface area (Å²) < 4.78 is 18.0. The van der Waals surface area contributed by atoms with Gasteiger partial charge in [0.15, 0.2) is 4.77 Å². The van der Waals surface area contributed by atoms with Crippen molar-refractivity contribution < 1.29 is 4.39 Å². The molecule has 1 aromatic heterocycles. The van der Waals surface area contributed by atoms with Gasteiger partial charge in [-0.25, -0.2) is 9.07 Å². The van der Waals surface area contributed by atoms with Gasteiger partial charge in [0.2, 0.25) is 0 Å². The van der Waals surface area contributed by atoms with Crippen molar-refractivity contribution in [2.24, 2.45) is 7.05 Å². The Morgan fingerprint density at radius 2 is 1.88 bits per heavy atom. The van der Waals surface area contributed by atoms with Gasteiger partial charge in [0, 0.05) is 50.7 Å². The Hall–Kier alpha value is -1.28. The number of benzene rings is 1. The fourth-order valence-corrected chi connectivity index (χ4v) is 3.88. The first-order valence-corrected chi connectivity index (χ1v) is 9.82. The molecule has 2 aromatic rings. The topological polar surface area (TPSA) is 29.2 Å². The molecule has 0 spiro atoms. The number of hydrogen-bond donors (Lipinski definition) is 0. The van der Waals surface area contributed by atoms with Gasteiger partial charge in [0.05, 0.1) is 6.67 Å². The Morgan fingerprint density at radius 1 is 1.19 bits per heavy atom. The minimum absolute atomic E-state index is 0.291. The van der Waals surface area contributed by atoms with Crippen molar-refractivity contribution in [1.82, 2.24) is 24.1 Å². The van der Waals surface area contributed by atoms with Crippen molar-refractivity contribution in [3.05, 3.63) is 45.2 Å². The SMILES string of the molecule is Cn1c(C2CC2)nn(CN2CCN(Cc3ccc(F)cc3Cl)CC2)c1=S. The van der Waals surface area contributed by atoms with Crippen molar-refractivity contribution in [1.29, 1.82) is 0 Å². The highest BCUT2D eigenvalue weighted by Crippen LogP contribution is 2.38. The van der Waals surface area contributed by atoms with Crippen LogP contribution < -0.4 is 0 Å². The Kier molecular flexibility index (Phi) is 5.14. The monoisotopic (exact) mass is 395 g/mol. The van der Waals surface area contributed by atoms with Crippen LogP contribution in [0.2, 0.25) is 5.02 Å². The molecule has 2 aliphatic rings. The molecule has 1 aromatic carbocycles. The fourth-order valence-electron chi connectivity index (χ4n) is 3.46. The van der Waals surface area contributed by atoms with Crippen LogP contribution in [0, 0.1) is 10.6 Å². The zero-order valence-electron chi connectivity index (χ0n) is 14.9. The van der Waals surface area contributed by atoms with E-state index in [0.717, 1.165) is 55.6 Å². The normalized spacial score (nSPS) is 19.2. The van der Waals surface area contributed by atoms with Crippen molar-refractivity contribution >= 4 is 23.8 Å². The van der Waals surface area contributed by atoms with Crippen molar-refractivity contribution in [2.75, 3.05) is 26.2 Å². The van der Waals surface area contributed by atoms with E-state index in [-0.39, 0.29) is 5.82 Å². The average molecular weight is 396 g/mol. The quantitative estimate of drug-likeness (QED) is 0.726. The number of aromatic nitrogens is 3. The van der Waals surface area contributed by atoms with Gasteiger partial charge >= 0.3 is 0 Å². The highest BCUT2D eigenvalue weighted by Gasteiger charge is 2.29. The molecule has 0 atom stereocenters. The summed E-state index contributed by atoms with van der Waals surface area (Å²) in [6, 6.07) is 4.63. The lowest BCUT2D eigenvalue weighted by Gasteiger charge is -2.34. The maximum Gasteiger partial charge on any atom is 0.198 e. The first-order chi connectivity index (χ1) is 12.5. The Balaban J connectivity index is 1.34. The number of rotatable bonds is 5. The molecule has 140 valence electrons. The number of nitrogens with zero attached hydrogens (tertiary/aromatic N) is 5. The molecular formula is C18H23ClFN5S. The minimum atomic E-state index is -0.291. The summed E-state index contributed by atoms with van der Waals surface area (Å²) in [5.41, 5.74) is 0.975. The molecule has 0 radical (unpaired) electrons. The summed E-state index contributed by atoms with van der Waals surface area (Å²) in [6.45, 7) is 5.30. The molecule has 1 saturated carbocycles. The van der Waals surface area contributed by atoms with Crippen LogP contribution >= 0.6 is 23.8 Å². The van der Waals surface area contributed by atoms with Crippen LogP contribution in [-0.4, -0.2) is 50.3 Å². The predicted molar refractivity (Wildman–Crippen MR) is 102 cm³/mol. The van der Waals surface area contributed by atoms with Gasteiger partial charge in [-0.2, -0.15) is 5.10 Å². The maximum atomic E-state index is 13.2. The van der Waals surface area contributed by atoms with E-state index >= 15 is 0 Å². The summed E-state index contributed by atoms with van der Waals surface area (Å²) in [5, 5.41) is 5.24. The lowest BCUT2D eigenvalue weighted by molar-refractivity contribution is 0.0979. The minimum Gasteiger partial charge on any atom is -0.307 e. The Bertz CT molecular complexity index is 852. The van der Waals surface area contributed by atoms with Gasteiger partial charge in [-0.3, -0.25) is 9.80 Å². The molecule has 0 N–H and O–H groups in total. The van der Waals surface area contributed by atoms with Crippen LogP contribution in [0.1, 0.15) is 30.1 Å². The van der Waals surface area contributed by atoms with E-state index in [9.17, 15) is 4.39 Å². The van der Waals surface area contributed by atoms with Gasteiger partial charge in [-0.15, -0.1) is 0 Å². The van der Waals surface area contributed by atoms with Crippen LogP contribution in [0.25, 0.3) is 0 Å². The van der Waals surface area contributed by atoms with E-state index in [1.807, 2.05) is 11.7 Å². The second-order valence-corrected chi connectivity index (χ2v) is 8.02. The molecule has 5 nitrogen and oxygen atoms in total. The summed E-state index contributed by atoms with van der Waals surface area (Å²) in [4.78, 5) is 4.73. The molecule has 0 unspecified atom stereocenters. The summed E-state index contributed by atoms with van der Waals surface area (Å²) in [7, 11) is 2.02. The third-order valence-electron chi connectivity index (χ3n) is 5.22. The molecule has 1 aliphatic heterocycles. The van der Waals surface area contributed by atoms with Crippen LogP contribution in [0.15, 0.2) is 18.2 Å². The standard InChI is InChI=1S/C18H23ClFN5S/c1-22-17(13-2-3-13)21-25(18(22)26)12-24-8-6-23(7-9-24)11-14-4-5-15(20)10-16(14)19/h4-5,10,13H,2-3,6-9,11-12H2,1H3. The summed E-state index contributed by atoms with van der Waals surface area (Å²) in [6.07, 6.45) is 2.45. The first-order valence-electron chi connectivity index (χ1n) is 9.03. The average Bonchev–Trinajstić information content (AvgIpc) is 3.42. The zero-order chi connectivity index (χ0) is 18.3. The number of piperazine rings is 1. The molecule has 2 heterocycles. The van der Waals surface area contributed by atoms with E-state index in [1.54, 1.807) is 6.07 Å². The van der Waals surface area contributed by atoms with Gasteiger partial charge in [0.25, 0.3) is 0 Å². The summed E-state index contributed by atoms with van der Waals surface area (Å²) in [5.74, 6) is 1.43. The van der Waals surface area contributed by atoms with E-state index in [0.29, 0.717) is 10.9 Å². The third kappa shape index (κ3) is 3.86. The first kappa shape index (κ1) is 18.1. The molecule has 26 heavy (non-hydrogen) atoms. The lowest BCUT2D eigenvalue weighted by Crippen LogP contribution is -2.46. The molecule has 8 heteroatoms. The molecule has 2 fully saturated rings. The zero-order valence-corrected chi connectivity index (χ0v) is 16.4. The Labute approximate surface area is 163 Å². The second kappa shape index (κ2) is 7.38. The van der Waals surface area contributed by atoms with Crippen LogP contribution in [0.4, 0.5) is 4.39 Å². The van der Waals surface area contributed by atoms with E-state index in [1.165, 1.54) is 25.0 Å². The van der Waals surface area contributed by atoms with Crippen LogP contribution in [0.5, 0.6) is 0 Å². The van der Waals surface area contributed by atoms with Crippen molar-refractivity contribution in [3.63, 3.8) is 0 Å². The molecule has 4 rings (SSSR count). The Morgan fingerprint density at radius 3 is 2.54 bits per heavy atom. The van der Waals surface area contributed by atoms with Crippen LogP contribution in [-0.2, 0) is 20.3 Å². The van der Waals surface area contributed by atoms with Gasteiger partial charge in [-0.1, -0.05) is 17.7 Å². The molecule has 0 bridgehead atoms. The lowest BCUT2D eigenvalue weighted by atomic mass is 10.2.